The molecule has 0 aliphatic carbocycles. The Labute approximate surface area is 476 Å². The minimum absolute atomic E-state index is 0.0175. The number of fused-ring (bicyclic) bond motifs is 9. The average molecular weight is 1050 g/mol. The summed E-state index contributed by atoms with van der Waals surface area (Å²) in [4.78, 5) is 5.12. The van der Waals surface area contributed by atoms with E-state index in [1.165, 1.54) is 88.5 Å². The van der Waals surface area contributed by atoms with E-state index in [0.717, 1.165) is 50.7 Å². The van der Waals surface area contributed by atoms with E-state index in [1.807, 2.05) is 6.07 Å². The van der Waals surface area contributed by atoms with Crippen LogP contribution in [-0.2, 0) is 27.1 Å². The number of rotatable bonds is 5. The Bertz CT molecular complexity index is 4140. The van der Waals surface area contributed by atoms with Crippen molar-refractivity contribution in [3.63, 3.8) is 0 Å². The van der Waals surface area contributed by atoms with Gasteiger partial charge >= 0.3 is 0 Å². The summed E-state index contributed by atoms with van der Waals surface area (Å²) in [5, 5.41) is 14.4. The molecule has 0 N–H and O–H groups in total. The summed E-state index contributed by atoms with van der Waals surface area (Å²) >= 11 is 0. The molecule has 0 amide bonds. The van der Waals surface area contributed by atoms with Gasteiger partial charge in [0.15, 0.2) is 0 Å². The van der Waals surface area contributed by atoms with E-state index in [1.54, 1.807) is 0 Å². The Balaban J connectivity index is 1.32. The molecule has 2 aliphatic heterocycles. The number of anilines is 6. The first kappa shape index (κ1) is 52.9. The van der Waals surface area contributed by atoms with Gasteiger partial charge in [-0.1, -0.05) is 170 Å². The molecule has 0 radical (unpaired) electrons. The van der Waals surface area contributed by atoms with Gasteiger partial charge in [-0.15, -0.1) is 0 Å². The van der Waals surface area contributed by atoms with Gasteiger partial charge in [-0.25, -0.2) is 0 Å². The summed E-state index contributed by atoms with van der Waals surface area (Å²) in [6, 6.07) is 58.7. The van der Waals surface area contributed by atoms with Gasteiger partial charge in [0.05, 0.1) is 39.7 Å². The third-order valence-corrected chi connectivity index (χ3v) is 17.5. The highest BCUT2D eigenvalue weighted by Crippen LogP contribution is 2.51. The first-order chi connectivity index (χ1) is 37.5. The van der Waals surface area contributed by atoms with Crippen molar-refractivity contribution in [3.05, 3.63) is 196 Å². The molecule has 0 saturated carbocycles. The summed E-state index contributed by atoms with van der Waals surface area (Å²) in [6.07, 6.45) is 0. The van der Waals surface area contributed by atoms with E-state index in [2.05, 4.69) is 289 Å². The Hall–Kier alpha value is -7.75. The maximum absolute atomic E-state index is 10.8. The number of aromatic nitrogens is 2. The van der Waals surface area contributed by atoms with Gasteiger partial charge in [0, 0.05) is 55.7 Å². The molecule has 0 atom stereocenters. The van der Waals surface area contributed by atoms with Crippen LogP contribution in [-0.4, -0.2) is 15.8 Å². The highest BCUT2D eigenvalue weighted by atomic mass is 15.2. The third kappa shape index (κ3) is 8.40. The number of nitriles is 1. The first-order valence-corrected chi connectivity index (χ1v) is 28.9. The van der Waals surface area contributed by atoms with E-state index >= 15 is 0 Å². The van der Waals surface area contributed by atoms with Gasteiger partial charge in [-0.3, -0.25) is 0 Å². The molecule has 10 aromatic rings. The highest BCUT2D eigenvalue weighted by molar-refractivity contribution is 7.00. The second kappa shape index (κ2) is 17.9. The Morgan fingerprint density at radius 1 is 0.425 bits per heavy atom. The van der Waals surface area contributed by atoms with E-state index in [-0.39, 0.29) is 33.8 Å². The molecular formula is C74H78BN5. The van der Waals surface area contributed by atoms with Crippen molar-refractivity contribution in [2.24, 2.45) is 0 Å². The molecule has 6 heteroatoms. The number of benzene rings is 8. The van der Waals surface area contributed by atoms with Gasteiger partial charge in [0.25, 0.3) is 6.71 Å². The lowest BCUT2D eigenvalue weighted by atomic mass is 9.35. The van der Waals surface area contributed by atoms with Crippen LogP contribution in [0.25, 0.3) is 44.1 Å². The third-order valence-electron chi connectivity index (χ3n) is 17.5. The lowest BCUT2D eigenvalue weighted by molar-refractivity contribution is 0.589. The van der Waals surface area contributed by atoms with E-state index in [4.69, 9.17) is 0 Å². The fraction of sp³-hybridized carbons (Fsp3) is 0.311. The van der Waals surface area contributed by atoms with Crippen LogP contribution in [0.3, 0.4) is 0 Å². The fourth-order valence-electron chi connectivity index (χ4n) is 13.0. The smallest absolute Gasteiger partial charge is 0.273 e. The first-order valence-electron chi connectivity index (χ1n) is 28.9. The van der Waals surface area contributed by atoms with E-state index < -0.39 is 0 Å². The van der Waals surface area contributed by atoms with Gasteiger partial charge in [-0.2, -0.15) is 5.26 Å². The van der Waals surface area contributed by atoms with Crippen molar-refractivity contribution >= 4 is 90.1 Å². The maximum atomic E-state index is 10.8. The highest BCUT2D eigenvalue weighted by Gasteiger charge is 2.47. The van der Waals surface area contributed by atoms with Gasteiger partial charge in [0.2, 0.25) is 0 Å². The molecule has 4 heterocycles. The molecular weight excluding hydrogens is 970 g/mol. The zero-order chi connectivity index (χ0) is 57.1. The Kier molecular flexibility index (Phi) is 11.8. The predicted octanol–water partition coefficient (Wildman–Crippen LogP) is 18.1. The lowest BCUT2D eigenvalue weighted by Gasteiger charge is -2.42. The number of aryl methyl sites for hydroxylation is 3. The fourth-order valence-corrected chi connectivity index (χ4v) is 13.0. The molecule has 80 heavy (non-hydrogen) atoms. The van der Waals surface area contributed by atoms with Crippen LogP contribution in [0, 0.1) is 32.1 Å². The van der Waals surface area contributed by atoms with E-state index in [9.17, 15) is 5.26 Å². The number of hydrogen-bond acceptors (Lipinski definition) is 3. The maximum Gasteiger partial charge on any atom is 0.273 e. The van der Waals surface area contributed by atoms with E-state index in [0.29, 0.717) is 5.56 Å². The molecule has 5 nitrogen and oxygen atoms in total. The molecule has 2 aliphatic rings. The average Bonchev–Trinajstić information content (AvgIpc) is 2.89. The monoisotopic (exact) mass is 1050 g/mol. The molecule has 8 aromatic carbocycles. The van der Waals surface area contributed by atoms with Gasteiger partial charge < -0.3 is 18.9 Å². The van der Waals surface area contributed by atoms with Crippen LogP contribution in [0.1, 0.15) is 154 Å². The summed E-state index contributed by atoms with van der Waals surface area (Å²) in [5.74, 6) is 0. The normalized spacial score (nSPS) is 13.6. The van der Waals surface area contributed by atoms with Crippen LogP contribution in [0.4, 0.5) is 34.1 Å². The van der Waals surface area contributed by atoms with Gasteiger partial charge in [-0.05, 0) is 183 Å². The van der Waals surface area contributed by atoms with Crippen LogP contribution >= 0.6 is 0 Å². The molecule has 0 fully saturated rings. The van der Waals surface area contributed by atoms with Gasteiger partial charge in [0.1, 0.15) is 0 Å². The topological polar surface area (TPSA) is 40.1 Å². The van der Waals surface area contributed by atoms with Crippen molar-refractivity contribution in [2.75, 3.05) is 9.80 Å². The van der Waals surface area contributed by atoms with Crippen LogP contribution in [0.2, 0.25) is 0 Å². The quantitative estimate of drug-likeness (QED) is 0.161. The lowest BCUT2D eigenvalue weighted by Crippen LogP contribution is -2.62. The Morgan fingerprint density at radius 3 is 1.45 bits per heavy atom. The van der Waals surface area contributed by atoms with Crippen molar-refractivity contribution in [1.82, 2.24) is 9.13 Å². The van der Waals surface area contributed by atoms with Crippen molar-refractivity contribution in [2.45, 2.75) is 152 Å². The minimum atomic E-state index is -0.219. The standard InChI is InChI=1S/C74H78BN5/c1-44-19-27-55(28-20-44)78-62-33-21-47(43-76)37-59(62)68-69(78)75-60-40-52(74(16,17)18)39-58-57-38-50(72(10,11)12)26-34-61(57)79(67(58)60)63-41-56(42-64(65(63)75)80(68)66-45(2)35-51(36-46(66)3)73(13,14)15)77(53-29-22-48(23-30-53)70(4,5)6)54-31-24-49(25-32-54)71(7,8)9/h19-42H,1-18H3. The minimum Gasteiger partial charge on any atom is -0.319 e. The molecule has 402 valence electrons. The number of hydrogen-bond donors (Lipinski definition) is 0. The zero-order valence-corrected chi connectivity index (χ0v) is 50.7. The molecule has 2 aromatic heterocycles. The molecule has 0 saturated heterocycles. The molecule has 0 spiro atoms. The largest absolute Gasteiger partial charge is 0.319 e. The predicted molar refractivity (Wildman–Crippen MR) is 344 cm³/mol. The van der Waals surface area contributed by atoms with Crippen LogP contribution < -0.4 is 26.3 Å². The van der Waals surface area contributed by atoms with Crippen LogP contribution in [0.15, 0.2) is 146 Å². The summed E-state index contributed by atoms with van der Waals surface area (Å²) in [5.41, 5.74) is 26.6. The molecule has 0 unspecified atom stereocenters. The SMILES string of the molecule is Cc1ccc(-n2c3c(c4cc(C#N)ccc42)N(c2c(C)cc(C(C)(C)C)cc2C)c2cc(N(c4ccc(C(C)(C)C)cc4)c4ccc(C(C)(C)C)cc4)cc4c2B3c2cc(C(C)(C)C)cc3c5cc(C(C)(C)C)ccc5n-4c23)cc1. The van der Waals surface area contributed by atoms with Crippen molar-refractivity contribution in [3.8, 4) is 17.4 Å². The molecule has 0 bridgehead atoms. The van der Waals surface area contributed by atoms with Crippen molar-refractivity contribution < 1.29 is 0 Å². The summed E-state index contributed by atoms with van der Waals surface area (Å²) < 4.78 is 5.18. The summed E-state index contributed by atoms with van der Waals surface area (Å²) in [6.45, 7) is 41.3. The van der Waals surface area contributed by atoms with Crippen LogP contribution in [0.5, 0.6) is 0 Å². The second-order valence-electron chi connectivity index (χ2n) is 28.6. The summed E-state index contributed by atoms with van der Waals surface area (Å²) in [7, 11) is 0. The Morgan fingerprint density at radius 2 is 0.912 bits per heavy atom. The molecule has 12 rings (SSSR count). The number of nitrogens with zero attached hydrogens (tertiary/aromatic N) is 5. The second-order valence-corrected chi connectivity index (χ2v) is 28.6. The van der Waals surface area contributed by atoms with Crippen molar-refractivity contribution in [1.29, 1.82) is 5.26 Å². The zero-order valence-electron chi connectivity index (χ0n) is 50.7.